The Kier molecular flexibility index (Phi) is 7.30. The van der Waals surface area contributed by atoms with E-state index in [9.17, 15) is 0 Å². The van der Waals surface area contributed by atoms with Crippen LogP contribution in [0.5, 0.6) is 0 Å². The van der Waals surface area contributed by atoms with Gasteiger partial charge in [-0.1, -0.05) is 152 Å². The molecule has 2 aromatic heterocycles. The fourth-order valence-corrected chi connectivity index (χ4v) is 7.33. The molecule has 0 radical (unpaired) electrons. The first-order valence-corrected chi connectivity index (χ1v) is 17.0. The molecule has 0 spiro atoms. The summed E-state index contributed by atoms with van der Waals surface area (Å²) in [6.45, 7) is 0. The van der Waals surface area contributed by atoms with Crippen LogP contribution in [-0.2, 0) is 0 Å². The van der Waals surface area contributed by atoms with Gasteiger partial charge in [-0.2, -0.15) is 0 Å². The molecule has 9 rings (SSSR count). The minimum Gasteiger partial charge on any atom is -0.236 e. The zero-order chi connectivity index (χ0) is 32.6. The molecule has 0 atom stereocenters. The topological polar surface area (TPSA) is 51.6 Å². The number of benzene rings is 7. The van der Waals surface area contributed by atoms with Crippen molar-refractivity contribution < 1.29 is 0 Å². The molecule has 0 aliphatic carbocycles. The van der Waals surface area contributed by atoms with Crippen LogP contribution in [0, 0.1) is 0 Å². The quantitative estimate of drug-likeness (QED) is 0.181. The number of thiazole rings is 1. The van der Waals surface area contributed by atoms with Gasteiger partial charge in [0.25, 0.3) is 0 Å². The first-order valence-electron chi connectivity index (χ1n) is 16.2. The van der Waals surface area contributed by atoms with Crippen LogP contribution in [0.3, 0.4) is 0 Å². The summed E-state index contributed by atoms with van der Waals surface area (Å²) in [7, 11) is 0. The van der Waals surface area contributed by atoms with Crippen molar-refractivity contribution in [1.29, 1.82) is 0 Å². The van der Waals surface area contributed by atoms with E-state index >= 15 is 0 Å². The van der Waals surface area contributed by atoms with Gasteiger partial charge < -0.3 is 0 Å². The maximum atomic E-state index is 5.01. The van der Waals surface area contributed by atoms with Gasteiger partial charge >= 0.3 is 0 Å². The fraction of sp³-hybridized carbons (Fsp3) is 0. The third-order valence-electron chi connectivity index (χ3n) is 8.76. The monoisotopic (exact) mass is 644 g/mol. The lowest BCUT2D eigenvalue weighted by Gasteiger charge is -2.10. The van der Waals surface area contributed by atoms with Crippen LogP contribution in [-0.4, -0.2) is 19.9 Å². The van der Waals surface area contributed by atoms with E-state index < -0.39 is 0 Å². The Labute approximate surface area is 288 Å². The molecule has 0 aliphatic rings. The molecule has 0 aliphatic heterocycles. The average molecular weight is 645 g/mol. The number of hydrogen-bond acceptors (Lipinski definition) is 5. The first kappa shape index (κ1) is 28.9. The molecule has 0 N–H and O–H groups in total. The highest BCUT2D eigenvalue weighted by Gasteiger charge is 2.15. The van der Waals surface area contributed by atoms with E-state index in [1.54, 1.807) is 11.3 Å². The molecule has 2 heterocycles. The molecule has 5 heteroatoms. The van der Waals surface area contributed by atoms with E-state index in [1.165, 1.54) is 21.4 Å². The summed E-state index contributed by atoms with van der Waals surface area (Å²) in [5, 5.41) is 3.31. The molecule has 0 unspecified atom stereocenters. The Bertz CT molecular complexity index is 2580. The minimum absolute atomic E-state index is 0.643. The van der Waals surface area contributed by atoms with Gasteiger partial charge in [-0.3, -0.25) is 0 Å². The van der Waals surface area contributed by atoms with Crippen LogP contribution < -0.4 is 0 Å². The third-order valence-corrected chi connectivity index (χ3v) is 9.92. The van der Waals surface area contributed by atoms with E-state index in [0.29, 0.717) is 17.5 Å². The molecule has 0 bridgehead atoms. The molecule has 0 amide bonds. The van der Waals surface area contributed by atoms with Gasteiger partial charge in [-0.25, -0.2) is 19.9 Å². The van der Waals surface area contributed by atoms with Gasteiger partial charge in [0.05, 0.1) is 10.2 Å². The maximum Gasteiger partial charge on any atom is 0.164 e. The van der Waals surface area contributed by atoms with Crippen molar-refractivity contribution in [3.8, 4) is 67.0 Å². The summed E-state index contributed by atoms with van der Waals surface area (Å²) in [5.74, 6) is 1.94. The van der Waals surface area contributed by atoms with E-state index in [2.05, 4.69) is 127 Å². The molecule has 0 fully saturated rings. The molecule has 0 saturated heterocycles. The Balaban J connectivity index is 1.10. The second kappa shape index (κ2) is 12.4. The largest absolute Gasteiger partial charge is 0.236 e. The number of fused-ring (bicyclic) bond motifs is 2. The summed E-state index contributed by atoms with van der Waals surface area (Å²) in [4.78, 5) is 19.9. The Morgan fingerprint density at radius 1 is 0.327 bits per heavy atom. The van der Waals surface area contributed by atoms with Crippen LogP contribution in [0.4, 0.5) is 0 Å². The molecule has 4 nitrogen and oxygen atoms in total. The summed E-state index contributed by atoms with van der Waals surface area (Å²) >= 11 is 1.74. The van der Waals surface area contributed by atoms with Gasteiger partial charge in [0.1, 0.15) is 5.01 Å². The SMILES string of the molecule is c1ccc(-c2ccc(-c3nc(-c4ccccc4)nc(-c4ccc5cc(-c6cccc7nc(-c8ccccc8)sc67)ccc5c4)n3)cc2)cc1. The predicted molar refractivity (Wildman–Crippen MR) is 203 cm³/mol. The summed E-state index contributed by atoms with van der Waals surface area (Å²) < 4.78 is 1.19. The van der Waals surface area contributed by atoms with Crippen LogP contribution in [0.15, 0.2) is 170 Å². The van der Waals surface area contributed by atoms with Gasteiger partial charge in [-0.15, -0.1) is 11.3 Å². The van der Waals surface area contributed by atoms with Crippen molar-refractivity contribution in [2.75, 3.05) is 0 Å². The summed E-state index contributed by atoms with van der Waals surface area (Å²) in [6.07, 6.45) is 0. The van der Waals surface area contributed by atoms with Crippen molar-refractivity contribution in [2.24, 2.45) is 0 Å². The molecular formula is C44H28N4S. The maximum absolute atomic E-state index is 5.01. The van der Waals surface area contributed by atoms with E-state index in [-0.39, 0.29) is 0 Å². The van der Waals surface area contributed by atoms with Crippen LogP contribution in [0.1, 0.15) is 0 Å². The fourth-order valence-electron chi connectivity index (χ4n) is 6.23. The predicted octanol–water partition coefficient (Wildman–Crippen LogP) is 11.6. The van der Waals surface area contributed by atoms with E-state index in [1.807, 2.05) is 42.5 Å². The van der Waals surface area contributed by atoms with Gasteiger partial charge in [0.15, 0.2) is 17.5 Å². The van der Waals surface area contributed by atoms with Crippen molar-refractivity contribution >= 4 is 32.3 Å². The van der Waals surface area contributed by atoms with Crippen LogP contribution >= 0.6 is 11.3 Å². The van der Waals surface area contributed by atoms with Crippen LogP contribution in [0.25, 0.3) is 88.0 Å². The Morgan fingerprint density at radius 2 is 0.796 bits per heavy atom. The zero-order valence-corrected chi connectivity index (χ0v) is 27.2. The summed E-state index contributed by atoms with van der Waals surface area (Å²) in [6, 6.07) is 58.8. The Hall–Kier alpha value is -6.30. The molecule has 7 aromatic carbocycles. The van der Waals surface area contributed by atoms with E-state index in [0.717, 1.165) is 49.1 Å². The number of rotatable bonds is 6. The van der Waals surface area contributed by atoms with Gasteiger partial charge in [0, 0.05) is 27.8 Å². The van der Waals surface area contributed by atoms with Crippen LogP contribution in [0.2, 0.25) is 0 Å². The second-order valence-electron chi connectivity index (χ2n) is 11.9. The lowest BCUT2D eigenvalue weighted by molar-refractivity contribution is 1.07. The minimum atomic E-state index is 0.643. The number of hydrogen-bond donors (Lipinski definition) is 0. The molecule has 0 saturated carbocycles. The molecule has 9 aromatic rings. The van der Waals surface area contributed by atoms with Crippen molar-refractivity contribution in [1.82, 2.24) is 19.9 Å². The average Bonchev–Trinajstić information content (AvgIpc) is 3.63. The number of aromatic nitrogens is 4. The van der Waals surface area contributed by atoms with Gasteiger partial charge in [-0.05, 0) is 45.7 Å². The van der Waals surface area contributed by atoms with Crippen molar-refractivity contribution in [2.45, 2.75) is 0 Å². The highest BCUT2D eigenvalue weighted by atomic mass is 32.1. The van der Waals surface area contributed by atoms with E-state index in [4.69, 9.17) is 19.9 Å². The molecule has 49 heavy (non-hydrogen) atoms. The smallest absolute Gasteiger partial charge is 0.164 e. The van der Waals surface area contributed by atoms with Gasteiger partial charge in [0.2, 0.25) is 0 Å². The lowest BCUT2D eigenvalue weighted by atomic mass is 9.99. The first-order chi connectivity index (χ1) is 24.2. The highest BCUT2D eigenvalue weighted by molar-refractivity contribution is 7.22. The normalized spacial score (nSPS) is 11.3. The number of nitrogens with zero attached hydrogens (tertiary/aromatic N) is 4. The summed E-state index contributed by atoms with van der Waals surface area (Å²) in [5.41, 5.74) is 9.68. The third kappa shape index (κ3) is 5.67. The zero-order valence-electron chi connectivity index (χ0n) is 26.4. The molecule has 230 valence electrons. The second-order valence-corrected chi connectivity index (χ2v) is 12.9. The highest BCUT2D eigenvalue weighted by Crippen LogP contribution is 2.38. The standard InChI is InChI=1S/C44H28N4S/c1-4-11-29(12-5-1)30-19-21-32(22-20-30)42-46-41(31-13-6-2-7-14-31)47-43(48-42)37-26-24-34-27-36(25-23-35(34)28-37)38-17-10-18-39-40(38)49-44(45-39)33-15-8-3-9-16-33/h1-28H. The van der Waals surface area contributed by atoms with Crippen molar-refractivity contribution in [3.05, 3.63) is 170 Å². The van der Waals surface area contributed by atoms with Crippen molar-refractivity contribution in [3.63, 3.8) is 0 Å². The lowest BCUT2D eigenvalue weighted by Crippen LogP contribution is -2.00. The Morgan fingerprint density at radius 3 is 1.45 bits per heavy atom. The molecular weight excluding hydrogens is 617 g/mol.